The highest BCUT2D eigenvalue weighted by Gasteiger charge is 2.79. The quantitative estimate of drug-likeness (QED) is 0.268. The Balaban J connectivity index is 1.45. The van der Waals surface area contributed by atoms with Crippen LogP contribution in [0.15, 0.2) is 35.4 Å². The minimum Gasteiger partial charge on any atom is -0.508 e. The first-order valence-corrected chi connectivity index (χ1v) is 14.6. The molecule has 41 heavy (non-hydrogen) atoms. The van der Waals surface area contributed by atoms with Crippen LogP contribution in [0.5, 0.6) is 5.75 Å². The fourth-order valence-corrected chi connectivity index (χ4v) is 9.01. The zero-order valence-corrected chi connectivity index (χ0v) is 23.7. The number of rotatable bonds is 2. The Hall–Kier alpha value is -1.75. The third kappa shape index (κ3) is 4.14. The zero-order chi connectivity index (χ0) is 29.9. The van der Waals surface area contributed by atoms with Crippen molar-refractivity contribution >= 4 is 0 Å². The van der Waals surface area contributed by atoms with Crippen LogP contribution in [0.4, 0.5) is 22.0 Å². The molecular weight excluding hydrogens is 547 g/mol. The Morgan fingerprint density at radius 3 is 2.12 bits per heavy atom. The summed E-state index contributed by atoms with van der Waals surface area (Å²) < 4.78 is 84.0. The number of aliphatic hydroxyl groups is 2. The molecule has 10 heteroatoms. The molecule has 6 rings (SSSR count). The van der Waals surface area contributed by atoms with Crippen molar-refractivity contribution in [2.45, 2.75) is 107 Å². The predicted molar refractivity (Wildman–Crippen MR) is 139 cm³/mol. The Kier molecular flexibility index (Phi) is 6.36. The summed E-state index contributed by atoms with van der Waals surface area (Å²) in [6.45, 7) is 6.45. The van der Waals surface area contributed by atoms with Crippen LogP contribution in [0.3, 0.4) is 0 Å². The van der Waals surface area contributed by atoms with Crippen LogP contribution in [-0.4, -0.2) is 57.6 Å². The molecule has 0 radical (unpaired) electrons. The van der Waals surface area contributed by atoms with E-state index in [1.165, 1.54) is 19.1 Å². The molecule has 228 valence electrons. The van der Waals surface area contributed by atoms with Crippen molar-refractivity contribution in [2.24, 2.45) is 22.7 Å². The molecular formula is C31H39F5O5. The van der Waals surface area contributed by atoms with E-state index in [2.05, 4.69) is 0 Å². The van der Waals surface area contributed by atoms with Gasteiger partial charge < -0.3 is 24.8 Å². The highest BCUT2D eigenvalue weighted by Crippen LogP contribution is 2.71. The molecule has 1 heterocycles. The number of allylic oxidation sites excluding steroid dienone is 1. The number of hydrogen-bond acceptors (Lipinski definition) is 5. The first-order chi connectivity index (χ1) is 18.9. The number of benzene rings is 1. The summed E-state index contributed by atoms with van der Waals surface area (Å²) in [5, 5.41) is 33.5. The lowest BCUT2D eigenvalue weighted by molar-refractivity contribution is -0.362. The molecule has 6 atom stereocenters. The van der Waals surface area contributed by atoms with Crippen molar-refractivity contribution < 1.29 is 46.7 Å². The molecule has 3 saturated carbocycles. The standard InChI is InChI=1S/C31H39F5O5/c1-25(2)16-40-28(41-17-25)12-9-23-24-20(8-11-27(23,38)15-28)22-10-13-29(39,30(32,33)31(34,35)36)26(22,3)14-21(24)18-4-6-19(37)7-5-18/h4-7,20-22,37-39H,8-17H2,1-3H3/t20?,21-,22?,26+,27?,29+/m1/s1. The zero-order valence-electron chi connectivity index (χ0n) is 23.7. The lowest BCUT2D eigenvalue weighted by Gasteiger charge is -2.59. The van der Waals surface area contributed by atoms with Crippen molar-refractivity contribution in [1.29, 1.82) is 0 Å². The number of ether oxygens (including phenoxy) is 2. The van der Waals surface area contributed by atoms with Crippen molar-refractivity contribution in [1.82, 2.24) is 0 Å². The van der Waals surface area contributed by atoms with Gasteiger partial charge in [0, 0.05) is 29.6 Å². The van der Waals surface area contributed by atoms with Crippen LogP contribution in [0.25, 0.3) is 0 Å². The summed E-state index contributed by atoms with van der Waals surface area (Å²) in [6, 6.07) is 6.23. The monoisotopic (exact) mass is 586 g/mol. The topological polar surface area (TPSA) is 79.2 Å². The minimum atomic E-state index is -5.90. The van der Waals surface area contributed by atoms with Gasteiger partial charge in [0.1, 0.15) is 11.4 Å². The highest BCUT2D eigenvalue weighted by atomic mass is 19.4. The molecule has 0 bridgehead atoms. The maximum atomic E-state index is 15.1. The third-order valence-corrected chi connectivity index (χ3v) is 11.2. The van der Waals surface area contributed by atoms with Crippen LogP contribution in [0.1, 0.15) is 83.6 Å². The Bertz CT molecular complexity index is 1230. The van der Waals surface area contributed by atoms with Gasteiger partial charge >= 0.3 is 12.1 Å². The van der Waals surface area contributed by atoms with E-state index in [0.29, 0.717) is 44.5 Å². The van der Waals surface area contributed by atoms with E-state index in [1.54, 1.807) is 12.1 Å². The summed E-state index contributed by atoms with van der Waals surface area (Å²) in [4.78, 5) is 0. The summed E-state index contributed by atoms with van der Waals surface area (Å²) in [5.41, 5.74) is -4.09. The van der Waals surface area contributed by atoms with Crippen molar-refractivity contribution in [3.05, 3.63) is 41.0 Å². The second-order valence-corrected chi connectivity index (χ2v) is 14.3. The number of aromatic hydroxyl groups is 1. The van der Waals surface area contributed by atoms with E-state index in [9.17, 15) is 28.5 Å². The second kappa shape index (κ2) is 8.89. The lowest BCUT2D eigenvalue weighted by atomic mass is 9.49. The molecule has 4 fully saturated rings. The molecule has 1 aromatic carbocycles. The van der Waals surface area contributed by atoms with E-state index in [0.717, 1.165) is 11.1 Å². The second-order valence-electron chi connectivity index (χ2n) is 14.3. The number of alkyl halides is 5. The van der Waals surface area contributed by atoms with Crippen molar-refractivity contribution in [3.8, 4) is 5.75 Å². The Labute approximate surface area is 236 Å². The van der Waals surface area contributed by atoms with Gasteiger partial charge in [-0.3, -0.25) is 0 Å². The molecule has 3 N–H and O–H groups in total. The van der Waals surface area contributed by atoms with Gasteiger partial charge in [-0.2, -0.15) is 22.0 Å². The molecule has 0 aromatic heterocycles. The number of halogens is 5. The Morgan fingerprint density at radius 1 is 0.878 bits per heavy atom. The van der Waals surface area contributed by atoms with Crippen LogP contribution >= 0.6 is 0 Å². The molecule has 1 saturated heterocycles. The fraction of sp³-hybridized carbons (Fsp3) is 0.742. The van der Waals surface area contributed by atoms with Gasteiger partial charge in [-0.25, -0.2) is 0 Å². The summed E-state index contributed by atoms with van der Waals surface area (Å²) in [6.07, 6.45) is -4.80. The molecule has 4 aliphatic carbocycles. The smallest absolute Gasteiger partial charge is 0.456 e. The summed E-state index contributed by atoms with van der Waals surface area (Å²) in [7, 11) is 0. The van der Waals surface area contributed by atoms with Gasteiger partial charge in [-0.15, -0.1) is 0 Å². The molecule has 1 spiro atoms. The van der Waals surface area contributed by atoms with E-state index < -0.39 is 52.8 Å². The first kappa shape index (κ1) is 29.3. The SMILES string of the molecule is CC1(C)COC2(CCC3=C4C(CCC3(O)C2)C2CC[C@@](O)(C(F)(F)C(F)(F)F)[C@@]2(C)C[C@@H]4c2ccc(O)cc2)OC1. The van der Waals surface area contributed by atoms with E-state index >= 15 is 8.78 Å². The normalized spacial score (nSPS) is 40.2. The average molecular weight is 587 g/mol. The van der Waals surface area contributed by atoms with E-state index in [4.69, 9.17) is 9.47 Å². The molecule has 5 nitrogen and oxygen atoms in total. The average Bonchev–Trinajstić information content (AvgIpc) is 3.16. The van der Waals surface area contributed by atoms with E-state index in [-0.39, 0.29) is 36.3 Å². The van der Waals surface area contributed by atoms with Gasteiger partial charge in [0.25, 0.3) is 0 Å². The van der Waals surface area contributed by atoms with Gasteiger partial charge in [0.15, 0.2) is 5.79 Å². The van der Waals surface area contributed by atoms with Gasteiger partial charge in [-0.05, 0) is 73.6 Å². The summed E-state index contributed by atoms with van der Waals surface area (Å²) in [5.74, 6) is -7.82. The number of hydrogen-bond donors (Lipinski definition) is 3. The Morgan fingerprint density at radius 2 is 1.51 bits per heavy atom. The molecule has 5 aliphatic rings. The fourth-order valence-electron chi connectivity index (χ4n) is 9.01. The summed E-state index contributed by atoms with van der Waals surface area (Å²) >= 11 is 0. The number of phenolic OH excluding ortho intramolecular Hbond substituents is 1. The third-order valence-electron chi connectivity index (χ3n) is 11.2. The van der Waals surface area contributed by atoms with E-state index in [1.807, 2.05) is 13.8 Å². The number of fused-ring (bicyclic) bond motifs is 4. The van der Waals surface area contributed by atoms with Crippen LogP contribution in [0, 0.1) is 22.7 Å². The van der Waals surface area contributed by atoms with Gasteiger partial charge in [0.2, 0.25) is 0 Å². The number of phenols is 1. The van der Waals surface area contributed by atoms with Crippen molar-refractivity contribution in [3.63, 3.8) is 0 Å². The van der Waals surface area contributed by atoms with Crippen molar-refractivity contribution in [2.75, 3.05) is 13.2 Å². The maximum absolute atomic E-state index is 15.1. The predicted octanol–water partition coefficient (Wildman–Crippen LogP) is 6.62. The first-order valence-electron chi connectivity index (χ1n) is 14.6. The molecule has 0 amide bonds. The molecule has 1 aromatic rings. The highest BCUT2D eigenvalue weighted by molar-refractivity contribution is 5.45. The minimum absolute atomic E-state index is 0.00176. The largest absolute Gasteiger partial charge is 0.508 e. The maximum Gasteiger partial charge on any atom is 0.456 e. The van der Waals surface area contributed by atoms with Gasteiger partial charge in [-0.1, -0.05) is 38.5 Å². The molecule has 1 aliphatic heterocycles. The molecule has 3 unspecified atom stereocenters. The van der Waals surface area contributed by atoms with Crippen LogP contribution < -0.4 is 0 Å². The van der Waals surface area contributed by atoms with Gasteiger partial charge in [0.05, 0.1) is 18.8 Å². The van der Waals surface area contributed by atoms with Crippen LogP contribution in [0.2, 0.25) is 0 Å². The van der Waals surface area contributed by atoms with Crippen LogP contribution in [-0.2, 0) is 9.47 Å². The lowest BCUT2D eigenvalue weighted by Crippen LogP contribution is -2.65.